The summed E-state index contributed by atoms with van der Waals surface area (Å²) in [4.78, 5) is 22.7. The van der Waals surface area contributed by atoms with Gasteiger partial charge >= 0.3 is 0 Å². The zero-order valence-corrected chi connectivity index (χ0v) is 13.8. The van der Waals surface area contributed by atoms with Gasteiger partial charge in [0, 0.05) is 25.0 Å². The van der Waals surface area contributed by atoms with Crippen molar-refractivity contribution < 1.29 is 4.79 Å². The number of hydrogen-bond donors (Lipinski definition) is 1. The molecule has 0 saturated heterocycles. The number of hydrogen-bond acceptors (Lipinski definition) is 6. The highest BCUT2D eigenvalue weighted by molar-refractivity contribution is 8.15. The van der Waals surface area contributed by atoms with Crippen molar-refractivity contribution in [3.8, 4) is 0 Å². The van der Waals surface area contributed by atoms with Crippen LogP contribution in [0.3, 0.4) is 0 Å². The lowest BCUT2D eigenvalue weighted by atomic mass is 10.0. The normalized spacial score (nSPS) is 21.0. The van der Waals surface area contributed by atoms with Crippen LogP contribution in [0.5, 0.6) is 0 Å². The van der Waals surface area contributed by atoms with Crippen LogP contribution in [0.1, 0.15) is 17.0 Å². The standard InChI is InChI=1S/C15H16N4OS2/c1-19-4-2-3-8-5-9-12(6-11(8)19)22-15(17-9)14-18-10(7-21-14)13(16)20/h5-6,10H,2-4,7H2,1H3,(H2,16,20)/t10-/m1/s1. The second kappa shape index (κ2) is 5.24. The Morgan fingerprint density at radius 1 is 1.45 bits per heavy atom. The molecule has 1 atom stereocenters. The molecule has 114 valence electrons. The molecular weight excluding hydrogens is 316 g/mol. The molecule has 7 heteroatoms. The minimum absolute atomic E-state index is 0.360. The molecule has 0 radical (unpaired) electrons. The van der Waals surface area contributed by atoms with E-state index in [0.29, 0.717) is 5.75 Å². The Hall–Kier alpha value is -1.60. The SMILES string of the molecule is CN1CCCc2cc3nc(C4=N[C@@H](C(N)=O)CS4)sc3cc21. The number of aromatic nitrogens is 1. The average molecular weight is 332 g/mol. The molecule has 3 heterocycles. The molecule has 22 heavy (non-hydrogen) atoms. The lowest BCUT2D eigenvalue weighted by Gasteiger charge is -2.27. The number of nitrogens with zero attached hydrogens (tertiary/aromatic N) is 3. The Labute approximate surface area is 136 Å². The van der Waals surface area contributed by atoms with Crippen LogP contribution < -0.4 is 10.6 Å². The fraction of sp³-hybridized carbons (Fsp3) is 0.400. The summed E-state index contributed by atoms with van der Waals surface area (Å²) in [7, 11) is 2.14. The number of carbonyl (C=O) groups is 1. The third-order valence-corrected chi connectivity index (χ3v) is 6.31. The van der Waals surface area contributed by atoms with E-state index in [9.17, 15) is 4.79 Å². The summed E-state index contributed by atoms with van der Waals surface area (Å²) in [5, 5.41) is 1.74. The zero-order valence-electron chi connectivity index (χ0n) is 12.2. The Balaban J connectivity index is 1.75. The highest BCUT2D eigenvalue weighted by Gasteiger charge is 2.26. The second-order valence-electron chi connectivity index (χ2n) is 5.66. The van der Waals surface area contributed by atoms with E-state index in [4.69, 9.17) is 10.7 Å². The number of carbonyl (C=O) groups excluding carboxylic acids is 1. The first kappa shape index (κ1) is 14.0. The second-order valence-corrected chi connectivity index (χ2v) is 7.70. The number of benzene rings is 1. The van der Waals surface area contributed by atoms with Gasteiger partial charge in [-0.1, -0.05) is 0 Å². The minimum atomic E-state index is -0.411. The van der Waals surface area contributed by atoms with Gasteiger partial charge in [-0.2, -0.15) is 0 Å². The number of aryl methyl sites for hydroxylation is 1. The van der Waals surface area contributed by atoms with E-state index in [0.717, 1.165) is 28.5 Å². The van der Waals surface area contributed by atoms with Crippen LogP contribution in [0.25, 0.3) is 10.2 Å². The molecule has 2 N–H and O–H groups in total. The van der Waals surface area contributed by atoms with Crippen molar-refractivity contribution in [2.24, 2.45) is 10.7 Å². The van der Waals surface area contributed by atoms with Gasteiger partial charge in [0.15, 0.2) is 0 Å². The predicted molar refractivity (Wildman–Crippen MR) is 93.2 cm³/mol. The fourth-order valence-corrected chi connectivity index (χ4v) is 5.02. The fourth-order valence-electron chi connectivity index (χ4n) is 2.92. The van der Waals surface area contributed by atoms with Gasteiger partial charge in [0.1, 0.15) is 16.1 Å². The summed E-state index contributed by atoms with van der Waals surface area (Å²) in [5.74, 6) is 0.264. The smallest absolute Gasteiger partial charge is 0.243 e. The summed E-state index contributed by atoms with van der Waals surface area (Å²) < 4.78 is 1.17. The summed E-state index contributed by atoms with van der Waals surface area (Å²) in [6, 6.07) is 4.02. The number of nitrogens with two attached hydrogens (primary N) is 1. The molecule has 0 spiro atoms. The van der Waals surface area contributed by atoms with Crippen LogP contribution in [0.4, 0.5) is 5.69 Å². The summed E-state index contributed by atoms with van der Waals surface area (Å²) >= 11 is 3.21. The van der Waals surface area contributed by atoms with Crippen molar-refractivity contribution >= 4 is 50.0 Å². The van der Waals surface area contributed by atoms with E-state index in [1.54, 1.807) is 23.1 Å². The molecular formula is C15H16N4OS2. The van der Waals surface area contributed by atoms with Gasteiger partial charge in [-0.05, 0) is 30.5 Å². The van der Waals surface area contributed by atoms with Gasteiger partial charge < -0.3 is 10.6 Å². The first-order valence-corrected chi connectivity index (χ1v) is 9.07. The largest absolute Gasteiger partial charge is 0.374 e. The quantitative estimate of drug-likeness (QED) is 0.913. The van der Waals surface area contributed by atoms with Crippen LogP contribution in [0, 0.1) is 0 Å². The molecule has 1 aromatic carbocycles. The maximum Gasteiger partial charge on any atom is 0.243 e. The average Bonchev–Trinajstić information content (AvgIpc) is 3.12. The van der Waals surface area contributed by atoms with E-state index in [1.807, 2.05) is 0 Å². The van der Waals surface area contributed by atoms with Gasteiger partial charge in [-0.3, -0.25) is 9.79 Å². The molecule has 4 rings (SSSR count). The van der Waals surface area contributed by atoms with Gasteiger partial charge in [0.2, 0.25) is 5.91 Å². The van der Waals surface area contributed by atoms with E-state index in [1.165, 1.54) is 22.4 Å². The van der Waals surface area contributed by atoms with Crippen LogP contribution in [0.2, 0.25) is 0 Å². The minimum Gasteiger partial charge on any atom is -0.374 e. The van der Waals surface area contributed by atoms with Crippen molar-refractivity contribution in [1.82, 2.24) is 4.98 Å². The van der Waals surface area contributed by atoms with Crippen molar-refractivity contribution in [2.45, 2.75) is 18.9 Å². The van der Waals surface area contributed by atoms with Gasteiger partial charge in [-0.15, -0.1) is 23.1 Å². The van der Waals surface area contributed by atoms with Crippen molar-refractivity contribution in [2.75, 3.05) is 24.2 Å². The Morgan fingerprint density at radius 2 is 2.32 bits per heavy atom. The van der Waals surface area contributed by atoms with E-state index < -0.39 is 6.04 Å². The molecule has 0 unspecified atom stereocenters. The van der Waals surface area contributed by atoms with Crippen molar-refractivity contribution in [3.63, 3.8) is 0 Å². The van der Waals surface area contributed by atoms with Crippen LogP contribution >= 0.6 is 23.1 Å². The van der Waals surface area contributed by atoms with E-state index in [2.05, 4.69) is 29.1 Å². The molecule has 0 fully saturated rings. The first-order chi connectivity index (χ1) is 10.6. The van der Waals surface area contributed by atoms with Gasteiger partial charge in [-0.25, -0.2) is 4.98 Å². The molecule has 2 aliphatic heterocycles. The Kier molecular flexibility index (Phi) is 3.34. The monoisotopic (exact) mass is 332 g/mol. The Bertz CT molecular complexity index is 798. The lowest BCUT2D eigenvalue weighted by molar-refractivity contribution is -0.118. The van der Waals surface area contributed by atoms with E-state index in [-0.39, 0.29) is 5.91 Å². The molecule has 0 aliphatic carbocycles. The topological polar surface area (TPSA) is 71.6 Å². The zero-order chi connectivity index (χ0) is 15.3. The molecule has 1 aromatic heterocycles. The van der Waals surface area contributed by atoms with Crippen LogP contribution in [0.15, 0.2) is 17.1 Å². The molecule has 2 aromatic rings. The predicted octanol–water partition coefficient (Wildman–Crippen LogP) is 2.03. The Morgan fingerprint density at radius 3 is 3.09 bits per heavy atom. The van der Waals surface area contributed by atoms with E-state index >= 15 is 0 Å². The third-order valence-electron chi connectivity index (χ3n) is 4.10. The number of rotatable bonds is 2. The summed E-state index contributed by atoms with van der Waals surface area (Å²) in [6.45, 7) is 1.10. The summed E-state index contributed by atoms with van der Waals surface area (Å²) in [5.41, 5.74) is 9.04. The summed E-state index contributed by atoms with van der Waals surface area (Å²) in [6.07, 6.45) is 2.30. The van der Waals surface area contributed by atoms with Gasteiger partial charge in [0.25, 0.3) is 0 Å². The number of thioether (sulfide) groups is 1. The lowest BCUT2D eigenvalue weighted by Crippen LogP contribution is -2.26. The maximum atomic E-state index is 11.2. The molecule has 0 bridgehead atoms. The van der Waals surface area contributed by atoms with Crippen LogP contribution in [-0.2, 0) is 11.2 Å². The number of amides is 1. The molecule has 0 saturated carbocycles. The molecule has 5 nitrogen and oxygen atoms in total. The number of anilines is 1. The highest BCUT2D eigenvalue weighted by atomic mass is 32.2. The number of aliphatic imine (C=N–C) groups is 1. The number of fused-ring (bicyclic) bond motifs is 2. The number of thiazole rings is 1. The molecule has 2 aliphatic rings. The number of primary amides is 1. The highest BCUT2D eigenvalue weighted by Crippen LogP contribution is 2.35. The third kappa shape index (κ3) is 2.28. The van der Waals surface area contributed by atoms with Crippen molar-refractivity contribution in [3.05, 3.63) is 22.7 Å². The first-order valence-electron chi connectivity index (χ1n) is 7.27. The van der Waals surface area contributed by atoms with Crippen molar-refractivity contribution in [1.29, 1.82) is 0 Å². The maximum absolute atomic E-state index is 11.2. The van der Waals surface area contributed by atoms with Gasteiger partial charge in [0.05, 0.1) is 10.2 Å². The molecule has 1 amide bonds. The van der Waals surface area contributed by atoms with Crippen LogP contribution in [-0.4, -0.2) is 41.3 Å².